The fraction of sp³-hybridized carbons (Fsp3) is 0.471. The third-order valence-corrected chi connectivity index (χ3v) is 14.2. The van der Waals surface area contributed by atoms with Gasteiger partial charge in [0.25, 0.3) is 5.91 Å². The number of carbonyl (C=O) groups is 7. The first-order chi connectivity index (χ1) is 31.7. The maximum atomic E-state index is 15.6. The average Bonchev–Trinajstić information content (AvgIpc) is 3.29. The van der Waals surface area contributed by atoms with Crippen LogP contribution in [0.2, 0.25) is 0 Å². The number of rotatable bonds is 13. The van der Waals surface area contributed by atoms with Crippen molar-refractivity contribution in [3.63, 3.8) is 0 Å². The van der Waals surface area contributed by atoms with E-state index in [2.05, 4.69) is 5.32 Å². The maximum Gasteiger partial charge on any atom is 0.350 e. The van der Waals surface area contributed by atoms with E-state index in [1.165, 1.54) is 26.0 Å². The van der Waals surface area contributed by atoms with E-state index >= 15 is 9.59 Å². The Kier molecular flexibility index (Phi) is 13.7. The monoisotopic (exact) mass is 923 g/mol. The van der Waals surface area contributed by atoms with Crippen molar-refractivity contribution >= 4 is 41.5 Å². The molecule has 3 N–H and O–H groups in total. The second-order valence-electron chi connectivity index (χ2n) is 18.6. The van der Waals surface area contributed by atoms with Gasteiger partial charge in [-0.3, -0.25) is 24.0 Å². The number of nitrogens with one attached hydrogen (secondary N) is 1. The van der Waals surface area contributed by atoms with Gasteiger partial charge in [0.1, 0.15) is 30.0 Å². The van der Waals surface area contributed by atoms with Crippen molar-refractivity contribution in [1.82, 2.24) is 5.32 Å². The summed E-state index contributed by atoms with van der Waals surface area (Å²) in [5.74, 6) is -7.63. The molecular weight excluding hydrogens is 867 g/mol. The lowest BCUT2D eigenvalue weighted by Crippen LogP contribution is -2.82. The Labute approximate surface area is 388 Å². The maximum absolute atomic E-state index is 15.6. The van der Waals surface area contributed by atoms with Crippen molar-refractivity contribution in [3.8, 4) is 0 Å². The first-order valence-corrected chi connectivity index (χ1v) is 22.4. The van der Waals surface area contributed by atoms with Crippen LogP contribution in [0.1, 0.15) is 106 Å². The molecule has 7 rings (SSSR count). The first kappa shape index (κ1) is 48.7. The normalized spacial score (nSPS) is 30.3. The Morgan fingerprint density at radius 3 is 1.99 bits per heavy atom. The highest BCUT2D eigenvalue weighted by Gasteiger charge is 2.78. The Morgan fingerprint density at radius 1 is 0.836 bits per heavy atom. The topological polar surface area (TPSA) is 227 Å². The summed E-state index contributed by atoms with van der Waals surface area (Å²) >= 11 is 0. The molecule has 4 aliphatic rings. The predicted octanol–water partition coefficient (Wildman–Crippen LogP) is 5.09. The van der Waals surface area contributed by atoms with Crippen molar-refractivity contribution in [2.75, 3.05) is 6.61 Å². The Morgan fingerprint density at radius 2 is 1.43 bits per heavy atom. The number of ketones is 1. The van der Waals surface area contributed by atoms with Gasteiger partial charge in [-0.1, -0.05) is 87.5 Å². The fourth-order valence-electron chi connectivity index (χ4n) is 10.7. The number of esters is 5. The number of carbonyl (C=O) groups excluding carboxylic acids is 7. The molecule has 356 valence electrons. The zero-order chi connectivity index (χ0) is 48.6. The summed E-state index contributed by atoms with van der Waals surface area (Å²) in [7, 11) is 0. The van der Waals surface area contributed by atoms with E-state index in [9.17, 15) is 34.2 Å². The SMILES string of the molecule is CCCC(=O)O[C@H](C(=O)O[C@@H]1C[C@]2(O)[C@H](OC(=O)c3ccccc3)C3[C@@]4(OC(C)=O)CO[C@H]4C[C@@H](O)[C@]3(C)C(=O)[C@@H](OC(C)=O)C(=C1C)C2(C)C)[C@H](NC(=O)c1ccccc1)c1ccccc1. The van der Waals surface area contributed by atoms with Crippen LogP contribution in [0.4, 0.5) is 0 Å². The number of hydrogen-bond acceptors (Lipinski definition) is 15. The largest absolute Gasteiger partial charge is 0.455 e. The molecule has 1 amide bonds. The average molecular weight is 924 g/mol. The molecule has 0 radical (unpaired) electrons. The highest BCUT2D eigenvalue weighted by atomic mass is 16.6. The van der Waals surface area contributed by atoms with E-state index in [1.807, 2.05) is 0 Å². The van der Waals surface area contributed by atoms with Crippen molar-refractivity contribution in [2.24, 2.45) is 16.7 Å². The molecule has 3 aromatic rings. The van der Waals surface area contributed by atoms with Crippen molar-refractivity contribution in [2.45, 2.75) is 128 Å². The van der Waals surface area contributed by atoms with Gasteiger partial charge in [0.05, 0.1) is 29.6 Å². The molecule has 2 bridgehead atoms. The van der Waals surface area contributed by atoms with Gasteiger partial charge in [-0.2, -0.15) is 0 Å². The van der Waals surface area contributed by atoms with Crippen LogP contribution in [-0.2, 0) is 52.4 Å². The Hall–Kier alpha value is -6.23. The summed E-state index contributed by atoms with van der Waals surface area (Å²) in [4.78, 5) is 98.5. The third-order valence-electron chi connectivity index (χ3n) is 14.2. The fourth-order valence-corrected chi connectivity index (χ4v) is 10.7. The molecular formula is C51H57NO15. The number of benzene rings is 3. The lowest BCUT2D eigenvalue weighted by molar-refractivity contribution is -0.346. The van der Waals surface area contributed by atoms with E-state index in [1.54, 1.807) is 99.6 Å². The highest BCUT2D eigenvalue weighted by Crippen LogP contribution is 2.64. The summed E-state index contributed by atoms with van der Waals surface area (Å²) in [6.45, 7) is 9.70. The molecule has 3 aromatic carbocycles. The highest BCUT2D eigenvalue weighted by molar-refractivity contribution is 5.96. The lowest BCUT2D eigenvalue weighted by atomic mass is 9.44. The molecule has 1 unspecified atom stereocenters. The number of ether oxygens (including phenoxy) is 6. The summed E-state index contributed by atoms with van der Waals surface area (Å²) in [6.07, 6.45) is -10.2. The molecule has 16 heteroatoms. The summed E-state index contributed by atoms with van der Waals surface area (Å²) in [5, 5.41) is 28.9. The number of aliphatic hydroxyl groups is 2. The molecule has 67 heavy (non-hydrogen) atoms. The van der Waals surface area contributed by atoms with Crippen LogP contribution in [0.5, 0.6) is 0 Å². The van der Waals surface area contributed by atoms with Crippen LogP contribution in [0.15, 0.2) is 102 Å². The number of Topliss-reactive ketones (excluding diaryl/α,β-unsaturated/α-hetero) is 1. The van der Waals surface area contributed by atoms with E-state index < -0.39 is 119 Å². The number of aliphatic hydroxyl groups excluding tert-OH is 1. The minimum Gasteiger partial charge on any atom is -0.455 e. The van der Waals surface area contributed by atoms with Gasteiger partial charge in [0.2, 0.25) is 6.10 Å². The minimum atomic E-state index is -2.43. The smallest absolute Gasteiger partial charge is 0.350 e. The van der Waals surface area contributed by atoms with Gasteiger partial charge in [0, 0.05) is 44.1 Å². The van der Waals surface area contributed by atoms with Gasteiger partial charge in [-0.05, 0) is 61.2 Å². The van der Waals surface area contributed by atoms with Gasteiger partial charge in [-0.15, -0.1) is 0 Å². The number of hydrogen-bond donors (Lipinski definition) is 3. The zero-order valence-corrected chi connectivity index (χ0v) is 38.5. The lowest BCUT2D eigenvalue weighted by Gasteiger charge is -2.67. The third kappa shape index (κ3) is 8.66. The molecule has 0 aromatic heterocycles. The van der Waals surface area contributed by atoms with Crippen molar-refractivity contribution in [1.29, 1.82) is 0 Å². The first-order valence-electron chi connectivity index (χ1n) is 22.4. The Balaban J connectivity index is 1.42. The van der Waals surface area contributed by atoms with Crippen LogP contribution < -0.4 is 5.32 Å². The predicted molar refractivity (Wildman–Crippen MR) is 236 cm³/mol. The molecule has 16 nitrogen and oxygen atoms in total. The van der Waals surface area contributed by atoms with Crippen molar-refractivity contribution < 1.29 is 72.2 Å². The molecule has 1 heterocycles. The molecule has 1 saturated heterocycles. The van der Waals surface area contributed by atoms with Gasteiger partial charge in [-0.25, -0.2) is 9.59 Å². The molecule has 0 spiro atoms. The minimum absolute atomic E-state index is 0.0167. The van der Waals surface area contributed by atoms with Crippen molar-refractivity contribution in [3.05, 3.63) is 119 Å². The number of fused-ring (bicyclic) bond motifs is 5. The molecule has 11 atom stereocenters. The van der Waals surface area contributed by atoms with Crippen LogP contribution in [0.25, 0.3) is 0 Å². The molecule has 3 fully saturated rings. The summed E-state index contributed by atoms with van der Waals surface area (Å²) in [5.41, 5.74) is -7.18. The standard InChI is InChI=1S/C51H57NO15/c1-8-18-37(56)65-41(39(31-19-12-9-13-20-31)52-45(58)32-21-14-10-15-22-32)47(60)64-34-26-51(61)44(66-46(59)33-23-16-11-17-24-33)42-49(7,35(55)25-36-50(42,27-62-36)67-30(4)54)43(57)40(63-29(3)53)38(28(34)2)48(51,5)6/h9-17,19-24,34-36,39-42,44,55,61H,8,18,25-27H2,1-7H3,(H,52,58)/t34-,35-,36+,39-,40+,41+,42?,44-,49+,50-,51+/m1/s1. The summed E-state index contributed by atoms with van der Waals surface area (Å²) < 4.78 is 36.6. The van der Waals surface area contributed by atoms with E-state index in [0.717, 1.165) is 13.8 Å². The van der Waals surface area contributed by atoms with Crippen LogP contribution in [0.3, 0.4) is 0 Å². The van der Waals surface area contributed by atoms with Crippen LogP contribution >= 0.6 is 0 Å². The summed E-state index contributed by atoms with van der Waals surface area (Å²) in [6, 6.07) is 23.0. The van der Waals surface area contributed by atoms with Crippen LogP contribution in [0, 0.1) is 16.7 Å². The van der Waals surface area contributed by atoms with Crippen LogP contribution in [-0.4, -0.2) is 106 Å². The quantitative estimate of drug-likeness (QED) is 0.115. The molecule has 1 aliphatic heterocycles. The van der Waals surface area contributed by atoms with Gasteiger partial charge in [0.15, 0.2) is 17.5 Å². The molecule has 2 saturated carbocycles. The van der Waals surface area contributed by atoms with E-state index in [-0.39, 0.29) is 41.7 Å². The molecule has 3 aliphatic carbocycles. The zero-order valence-electron chi connectivity index (χ0n) is 38.5. The van der Waals surface area contributed by atoms with Gasteiger partial charge < -0.3 is 44.0 Å². The second kappa shape index (κ2) is 18.8. The van der Waals surface area contributed by atoms with Gasteiger partial charge >= 0.3 is 29.8 Å². The Bertz CT molecular complexity index is 2440. The number of amides is 1. The van der Waals surface area contributed by atoms with E-state index in [0.29, 0.717) is 12.0 Å². The van der Waals surface area contributed by atoms with E-state index in [4.69, 9.17) is 28.4 Å². The second-order valence-corrected chi connectivity index (χ2v) is 18.6.